The van der Waals surface area contributed by atoms with E-state index in [2.05, 4.69) is 19.1 Å². The molecule has 3 nitrogen and oxygen atoms in total. The summed E-state index contributed by atoms with van der Waals surface area (Å²) in [5.41, 5.74) is 1.34. The summed E-state index contributed by atoms with van der Waals surface area (Å²) in [6, 6.07) is 8.31. The van der Waals surface area contributed by atoms with Gasteiger partial charge >= 0.3 is 5.97 Å². The Morgan fingerprint density at radius 3 is 2.29 bits per heavy atom. The first-order valence-corrected chi connectivity index (χ1v) is 8.13. The molecule has 0 atom stereocenters. The zero-order chi connectivity index (χ0) is 15.3. The first-order chi connectivity index (χ1) is 10.3. The van der Waals surface area contributed by atoms with Crippen molar-refractivity contribution in [3.05, 3.63) is 29.8 Å². The third-order valence-corrected chi connectivity index (χ3v) is 3.43. The van der Waals surface area contributed by atoms with Gasteiger partial charge in [-0.2, -0.15) is 0 Å². The predicted molar refractivity (Wildman–Crippen MR) is 85.7 cm³/mol. The van der Waals surface area contributed by atoms with Gasteiger partial charge in [0.05, 0.1) is 13.2 Å². The minimum absolute atomic E-state index is 0.0728. The Morgan fingerprint density at radius 2 is 1.62 bits per heavy atom. The minimum atomic E-state index is -0.0728. The molecule has 0 fully saturated rings. The van der Waals surface area contributed by atoms with E-state index in [-0.39, 0.29) is 5.97 Å². The van der Waals surface area contributed by atoms with E-state index in [1.165, 1.54) is 5.56 Å². The molecule has 0 unspecified atom stereocenters. The zero-order valence-corrected chi connectivity index (χ0v) is 13.4. The number of hydrogen-bond donors (Lipinski definition) is 0. The van der Waals surface area contributed by atoms with Crippen LogP contribution in [0.25, 0.3) is 0 Å². The lowest BCUT2D eigenvalue weighted by Gasteiger charge is -2.07. The second-order valence-electron chi connectivity index (χ2n) is 5.17. The minimum Gasteiger partial charge on any atom is -0.494 e. The number of aryl methyl sites for hydroxylation is 1. The molecule has 118 valence electrons. The number of unbranched alkanes of at least 4 members (excludes halogenated alkanes) is 4. The smallest absolute Gasteiger partial charge is 0.305 e. The van der Waals surface area contributed by atoms with E-state index in [1.807, 2.05) is 19.1 Å². The molecule has 0 aromatic heterocycles. The predicted octanol–water partition coefficient (Wildman–Crippen LogP) is 4.53. The van der Waals surface area contributed by atoms with Gasteiger partial charge in [0.2, 0.25) is 0 Å². The van der Waals surface area contributed by atoms with E-state index in [1.54, 1.807) is 0 Å². The van der Waals surface area contributed by atoms with Crippen molar-refractivity contribution in [3.63, 3.8) is 0 Å². The van der Waals surface area contributed by atoms with Crippen LogP contribution in [-0.4, -0.2) is 19.2 Å². The summed E-state index contributed by atoms with van der Waals surface area (Å²) in [6.45, 7) is 5.24. The van der Waals surface area contributed by atoms with E-state index in [4.69, 9.17) is 9.47 Å². The molecule has 21 heavy (non-hydrogen) atoms. The zero-order valence-electron chi connectivity index (χ0n) is 13.4. The van der Waals surface area contributed by atoms with Crippen molar-refractivity contribution in [3.8, 4) is 5.75 Å². The van der Waals surface area contributed by atoms with Crippen LogP contribution in [0.1, 0.15) is 57.9 Å². The van der Waals surface area contributed by atoms with Gasteiger partial charge in [-0.25, -0.2) is 0 Å². The summed E-state index contributed by atoms with van der Waals surface area (Å²) in [5.74, 6) is 0.880. The van der Waals surface area contributed by atoms with Crippen LogP contribution in [0.5, 0.6) is 5.75 Å². The molecule has 0 saturated carbocycles. The summed E-state index contributed by atoms with van der Waals surface area (Å²) in [7, 11) is 0. The lowest BCUT2D eigenvalue weighted by molar-refractivity contribution is -0.143. The molecule has 0 radical (unpaired) electrons. The average Bonchev–Trinajstić information content (AvgIpc) is 2.51. The van der Waals surface area contributed by atoms with Gasteiger partial charge in [0, 0.05) is 6.42 Å². The number of ether oxygens (including phenoxy) is 2. The highest BCUT2D eigenvalue weighted by Gasteiger charge is 2.00. The van der Waals surface area contributed by atoms with Crippen molar-refractivity contribution in [1.29, 1.82) is 0 Å². The summed E-state index contributed by atoms with van der Waals surface area (Å²) in [6.07, 6.45) is 6.99. The Bertz CT molecular complexity index is 384. The van der Waals surface area contributed by atoms with Crippen LogP contribution in [0, 0.1) is 0 Å². The Morgan fingerprint density at radius 1 is 0.952 bits per heavy atom. The van der Waals surface area contributed by atoms with Crippen LogP contribution in [0.3, 0.4) is 0 Å². The fourth-order valence-corrected chi connectivity index (χ4v) is 2.15. The molecule has 0 heterocycles. The quantitative estimate of drug-likeness (QED) is 0.444. The lowest BCUT2D eigenvalue weighted by Crippen LogP contribution is -2.03. The van der Waals surface area contributed by atoms with E-state index in [0.29, 0.717) is 13.0 Å². The molecular weight excluding hydrogens is 264 g/mol. The topological polar surface area (TPSA) is 35.5 Å². The van der Waals surface area contributed by atoms with Gasteiger partial charge < -0.3 is 9.47 Å². The maximum Gasteiger partial charge on any atom is 0.305 e. The Kier molecular flexibility index (Phi) is 9.34. The number of esters is 1. The normalized spacial score (nSPS) is 10.4. The summed E-state index contributed by atoms with van der Waals surface area (Å²) < 4.78 is 10.6. The Labute approximate surface area is 128 Å². The van der Waals surface area contributed by atoms with Gasteiger partial charge in [-0.1, -0.05) is 38.3 Å². The SMILES string of the molecule is CCOC(=O)CCCCCCCOc1ccc(CC)cc1. The molecule has 1 rings (SSSR count). The first-order valence-electron chi connectivity index (χ1n) is 8.13. The summed E-state index contributed by atoms with van der Waals surface area (Å²) in [5, 5.41) is 0. The molecule has 0 saturated heterocycles. The Balaban J connectivity index is 1.95. The number of hydrogen-bond acceptors (Lipinski definition) is 3. The van der Waals surface area contributed by atoms with E-state index in [0.717, 1.165) is 50.9 Å². The average molecular weight is 292 g/mol. The molecule has 0 aliphatic carbocycles. The fourth-order valence-electron chi connectivity index (χ4n) is 2.15. The molecule has 1 aromatic rings. The van der Waals surface area contributed by atoms with Crippen LogP contribution in [0.2, 0.25) is 0 Å². The lowest BCUT2D eigenvalue weighted by atomic mass is 10.1. The van der Waals surface area contributed by atoms with Crippen molar-refractivity contribution >= 4 is 5.97 Å². The second-order valence-corrected chi connectivity index (χ2v) is 5.17. The molecule has 0 aliphatic heterocycles. The molecule has 1 aromatic carbocycles. The van der Waals surface area contributed by atoms with Crippen molar-refractivity contribution in [1.82, 2.24) is 0 Å². The molecule has 0 bridgehead atoms. The highest BCUT2D eigenvalue weighted by atomic mass is 16.5. The number of carbonyl (C=O) groups excluding carboxylic acids is 1. The number of benzene rings is 1. The highest BCUT2D eigenvalue weighted by molar-refractivity contribution is 5.69. The largest absolute Gasteiger partial charge is 0.494 e. The maximum absolute atomic E-state index is 11.1. The van der Waals surface area contributed by atoms with Crippen LogP contribution in [-0.2, 0) is 16.0 Å². The number of carbonyl (C=O) groups is 1. The third kappa shape index (κ3) is 8.38. The molecule has 3 heteroatoms. The molecule has 0 spiro atoms. The third-order valence-electron chi connectivity index (χ3n) is 3.43. The van der Waals surface area contributed by atoms with Gasteiger partial charge in [-0.3, -0.25) is 4.79 Å². The van der Waals surface area contributed by atoms with E-state index in [9.17, 15) is 4.79 Å². The van der Waals surface area contributed by atoms with Gasteiger partial charge in [-0.15, -0.1) is 0 Å². The standard InChI is InChI=1S/C18H28O3/c1-3-16-11-13-17(14-12-16)21-15-9-7-5-6-8-10-18(19)20-4-2/h11-14H,3-10,15H2,1-2H3. The van der Waals surface area contributed by atoms with Gasteiger partial charge in [0.25, 0.3) is 0 Å². The van der Waals surface area contributed by atoms with Crippen LogP contribution in [0.15, 0.2) is 24.3 Å². The van der Waals surface area contributed by atoms with Crippen molar-refractivity contribution in [2.24, 2.45) is 0 Å². The van der Waals surface area contributed by atoms with Crippen LogP contribution >= 0.6 is 0 Å². The van der Waals surface area contributed by atoms with Crippen molar-refractivity contribution in [2.45, 2.75) is 58.8 Å². The van der Waals surface area contributed by atoms with E-state index < -0.39 is 0 Å². The van der Waals surface area contributed by atoms with Crippen molar-refractivity contribution < 1.29 is 14.3 Å². The van der Waals surface area contributed by atoms with Gasteiger partial charge in [0.1, 0.15) is 5.75 Å². The summed E-state index contributed by atoms with van der Waals surface area (Å²) >= 11 is 0. The molecule has 0 N–H and O–H groups in total. The van der Waals surface area contributed by atoms with Gasteiger partial charge in [-0.05, 0) is 43.9 Å². The highest BCUT2D eigenvalue weighted by Crippen LogP contribution is 2.13. The van der Waals surface area contributed by atoms with Crippen LogP contribution < -0.4 is 4.74 Å². The van der Waals surface area contributed by atoms with E-state index >= 15 is 0 Å². The Hall–Kier alpha value is -1.51. The van der Waals surface area contributed by atoms with Crippen LogP contribution in [0.4, 0.5) is 0 Å². The molecule has 0 aliphatic rings. The fraction of sp³-hybridized carbons (Fsp3) is 0.611. The summed E-state index contributed by atoms with van der Waals surface area (Å²) in [4.78, 5) is 11.1. The molecular formula is C18H28O3. The first kappa shape index (κ1) is 17.5. The second kappa shape index (κ2) is 11.2. The molecule has 0 amide bonds. The maximum atomic E-state index is 11.1. The number of rotatable bonds is 11. The van der Waals surface area contributed by atoms with Gasteiger partial charge in [0.15, 0.2) is 0 Å². The van der Waals surface area contributed by atoms with Crippen molar-refractivity contribution in [2.75, 3.05) is 13.2 Å². The monoisotopic (exact) mass is 292 g/mol.